The van der Waals surface area contributed by atoms with Gasteiger partial charge in [0.15, 0.2) is 0 Å². The van der Waals surface area contributed by atoms with Crippen LogP contribution in [0.25, 0.3) is 0 Å². The molecule has 0 bridgehead atoms. The molecule has 5 rings (SSSR count). The number of nitrogens with zero attached hydrogens (tertiary/aromatic N) is 1. The number of aliphatic hydroxyl groups excluding tert-OH is 1. The van der Waals surface area contributed by atoms with E-state index in [1.807, 2.05) is 0 Å². The van der Waals surface area contributed by atoms with Crippen molar-refractivity contribution in [3.63, 3.8) is 0 Å². The molecule has 4 aliphatic carbocycles. The molecule has 4 saturated carbocycles. The minimum atomic E-state index is -0.0161. The molecule has 0 amide bonds. The maximum atomic E-state index is 10.3. The fourth-order valence-electron chi connectivity index (χ4n) is 9.87. The molecule has 178 valence electrons. The molecule has 1 aliphatic heterocycles. The van der Waals surface area contributed by atoms with Crippen LogP contribution >= 0.6 is 0 Å². The Morgan fingerprint density at radius 1 is 0.935 bits per heavy atom. The molecular formula is C28H49NO2. The molecule has 1 heterocycles. The standard InChI is InChI=1S/C28H49NO2/c1-20(5-4-14-29-15-17-31-18-16-29)24-8-9-25-23-7-6-21-19-22(30)10-12-27(21,2)26(23)11-13-28(24,25)3/h20-26,30H,4-19H2,1-3H3/t20-,21?,22?,23+,24-,25+,26+,27+,28-/m1/s1. The average molecular weight is 432 g/mol. The number of rotatable bonds is 5. The van der Waals surface area contributed by atoms with Crippen LogP contribution < -0.4 is 0 Å². The lowest BCUT2D eigenvalue weighted by Gasteiger charge is -2.61. The van der Waals surface area contributed by atoms with Crippen LogP contribution in [0, 0.1) is 46.3 Å². The maximum absolute atomic E-state index is 10.3. The lowest BCUT2D eigenvalue weighted by atomic mass is 9.44. The Balaban J connectivity index is 1.21. The number of hydrogen-bond donors (Lipinski definition) is 1. The van der Waals surface area contributed by atoms with E-state index in [1.54, 1.807) is 0 Å². The third-order valence-corrected chi connectivity index (χ3v) is 11.6. The average Bonchev–Trinajstić information content (AvgIpc) is 3.12. The molecule has 0 radical (unpaired) electrons. The van der Waals surface area contributed by atoms with Gasteiger partial charge in [-0.15, -0.1) is 0 Å². The van der Waals surface area contributed by atoms with Gasteiger partial charge in [0.2, 0.25) is 0 Å². The second-order valence-corrected chi connectivity index (χ2v) is 12.9. The van der Waals surface area contributed by atoms with Crippen LogP contribution in [0.2, 0.25) is 0 Å². The number of fused-ring (bicyclic) bond motifs is 5. The SMILES string of the molecule is C[C@H](CCCN1CCOCC1)[C@H]1CC[C@H]2[C@@H]3CCC4CC(O)CC[C@]4(C)[C@H]3CC[C@]12C. The number of hydrogen-bond acceptors (Lipinski definition) is 3. The highest BCUT2D eigenvalue weighted by Crippen LogP contribution is 2.68. The minimum Gasteiger partial charge on any atom is -0.393 e. The van der Waals surface area contributed by atoms with Crippen molar-refractivity contribution in [1.29, 1.82) is 0 Å². The van der Waals surface area contributed by atoms with E-state index in [0.717, 1.165) is 74.7 Å². The van der Waals surface area contributed by atoms with Crippen molar-refractivity contribution in [1.82, 2.24) is 4.90 Å². The van der Waals surface area contributed by atoms with E-state index < -0.39 is 0 Å². The number of morpholine rings is 1. The Hall–Kier alpha value is -0.120. The summed E-state index contributed by atoms with van der Waals surface area (Å²) < 4.78 is 5.52. The van der Waals surface area contributed by atoms with Gasteiger partial charge < -0.3 is 9.84 Å². The van der Waals surface area contributed by atoms with Gasteiger partial charge in [0.1, 0.15) is 0 Å². The highest BCUT2D eigenvalue weighted by molar-refractivity contribution is 5.09. The molecule has 5 aliphatic rings. The lowest BCUT2D eigenvalue weighted by molar-refractivity contribution is -0.129. The minimum absolute atomic E-state index is 0.0161. The number of ether oxygens (including phenoxy) is 1. The molecule has 0 aromatic rings. The molecule has 0 aromatic carbocycles. The van der Waals surface area contributed by atoms with Crippen molar-refractivity contribution in [3.05, 3.63) is 0 Å². The third-order valence-electron chi connectivity index (χ3n) is 11.6. The molecule has 5 fully saturated rings. The summed E-state index contributed by atoms with van der Waals surface area (Å²) in [5, 5.41) is 10.3. The largest absolute Gasteiger partial charge is 0.393 e. The van der Waals surface area contributed by atoms with Crippen LogP contribution in [0.5, 0.6) is 0 Å². The van der Waals surface area contributed by atoms with Crippen molar-refractivity contribution in [2.75, 3.05) is 32.8 Å². The summed E-state index contributed by atoms with van der Waals surface area (Å²) in [6.07, 6.45) is 15.0. The summed E-state index contributed by atoms with van der Waals surface area (Å²) in [5.41, 5.74) is 1.11. The van der Waals surface area contributed by atoms with E-state index in [2.05, 4.69) is 25.7 Å². The van der Waals surface area contributed by atoms with Gasteiger partial charge in [0.05, 0.1) is 19.3 Å². The van der Waals surface area contributed by atoms with Crippen molar-refractivity contribution >= 4 is 0 Å². The van der Waals surface area contributed by atoms with E-state index in [0.29, 0.717) is 10.8 Å². The van der Waals surface area contributed by atoms with E-state index in [-0.39, 0.29) is 6.10 Å². The predicted molar refractivity (Wildman–Crippen MR) is 127 cm³/mol. The first-order chi connectivity index (χ1) is 14.9. The van der Waals surface area contributed by atoms with Crippen molar-refractivity contribution in [2.45, 2.75) is 97.5 Å². The van der Waals surface area contributed by atoms with Gasteiger partial charge in [-0.2, -0.15) is 0 Å². The first-order valence-electron chi connectivity index (χ1n) is 13.9. The molecule has 3 nitrogen and oxygen atoms in total. The van der Waals surface area contributed by atoms with E-state index >= 15 is 0 Å². The molecule has 1 N–H and O–H groups in total. The second kappa shape index (κ2) is 8.91. The highest BCUT2D eigenvalue weighted by Gasteiger charge is 2.60. The zero-order valence-corrected chi connectivity index (χ0v) is 20.7. The van der Waals surface area contributed by atoms with Crippen LogP contribution in [-0.2, 0) is 4.74 Å². The second-order valence-electron chi connectivity index (χ2n) is 12.9. The van der Waals surface area contributed by atoms with Crippen LogP contribution in [0.3, 0.4) is 0 Å². The van der Waals surface area contributed by atoms with Gasteiger partial charge in [-0.1, -0.05) is 20.8 Å². The first kappa shape index (κ1) is 22.7. The van der Waals surface area contributed by atoms with Gasteiger partial charge in [-0.05, 0) is 124 Å². The molecule has 31 heavy (non-hydrogen) atoms. The molecule has 0 spiro atoms. The zero-order valence-electron chi connectivity index (χ0n) is 20.7. The Labute approximate surface area is 191 Å². The smallest absolute Gasteiger partial charge is 0.0594 e. The summed E-state index contributed by atoms with van der Waals surface area (Å²) >= 11 is 0. The lowest BCUT2D eigenvalue weighted by Crippen LogP contribution is -2.54. The topological polar surface area (TPSA) is 32.7 Å². The summed E-state index contributed by atoms with van der Waals surface area (Å²) in [6, 6.07) is 0. The van der Waals surface area contributed by atoms with Crippen molar-refractivity contribution in [2.24, 2.45) is 46.3 Å². The van der Waals surface area contributed by atoms with E-state index in [4.69, 9.17) is 4.74 Å². The summed E-state index contributed by atoms with van der Waals surface area (Å²) in [6.45, 7) is 13.3. The maximum Gasteiger partial charge on any atom is 0.0594 e. The van der Waals surface area contributed by atoms with Gasteiger partial charge in [-0.3, -0.25) is 4.90 Å². The van der Waals surface area contributed by atoms with Gasteiger partial charge >= 0.3 is 0 Å². The third kappa shape index (κ3) is 4.03. The highest BCUT2D eigenvalue weighted by atomic mass is 16.5. The Morgan fingerprint density at radius 2 is 1.68 bits per heavy atom. The number of aliphatic hydroxyl groups is 1. The quantitative estimate of drug-likeness (QED) is 0.601. The predicted octanol–water partition coefficient (Wildman–Crippen LogP) is 5.75. The summed E-state index contributed by atoms with van der Waals surface area (Å²) in [4.78, 5) is 2.61. The Bertz CT molecular complexity index is 618. The summed E-state index contributed by atoms with van der Waals surface area (Å²) in [7, 11) is 0. The Kier molecular flexibility index (Phi) is 6.52. The molecule has 1 saturated heterocycles. The Morgan fingerprint density at radius 3 is 2.48 bits per heavy atom. The van der Waals surface area contributed by atoms with Crippen LogP contribution in [0.1, 0.15) is 91.4 Å². The van der Waals surface area contributed by atoms with E-state index in [1.165, 1.54) is 64.3 Å². The fourth-order valence-corrected chi connectivity index (χ4v) is 9.87. The van der Waals surface area contributed by atoms with Gasteiger partial charge in [-0.25, -0.2) is 0 Å². The monoisotopic (exact) mass is 431 g/mol. The van der Waals surface area contributed by atoms with Crippen molar-refractivity contribution in [3.8, 4) is 0 Å². The van der Waals surface area contributed by atoms with Gasteiger partial charge in [0.25, 0.3) is 0 Å². The van der Waals surface area contributed by atoms with Gasteiger partial charge in [0, 0.05) is 13.1 Å². The first-order valence-corrected chi connectivity index (χ1v) is 13.9. The zero-order chi connectivity index (χ0) is 21.6. The molecule has 0 aromatic heterocycles. The van der Waals surface area contributed by atoms with E-state index in [9.17, 15) is 5.11 Å². The molecule has 2 unspecified atom stereocenters. The van der Waals surface area contributed by atoms with Crippen molar-refractivity contribution < 1.29 is 9.84 Å². The normalized spacial score (nSPS) is 49.2. The van der Waals surface area contributed by atoms with Crippen LogP contribution in [0.15, 0.2) is 0 Å². The molecule has 9 atom stereocenters. The fraction of sp³-hybridized carbons (Fsp3) is 1.00. The van der Waals surface area contributed by atoms with Crippen LogP contribution in [0.4, 0.5) is 0 Å². The molecular weight excluding hydrogens is 382 g/mol. The summed E-state index contributed by atoms with van der Waals surface area (Å²) in [5.74, 6) is 5.50. The van der Waals surface area contributed by atoms with Crippen LogP contribution in [-0.4, -0.2) is 49.0 Å². The molecule has 3 heteroatoms.